The Hall–Kier alpha value is -1.16. The maximum atomic E-state index is 9.52. The molecule has 0 amide bonds. The molecular weight excluding hydrogens is 167 g/mol. The van der Waals surface area contributed by atoms with Gasteiger partial charge < -0.3 is 14.9 Å². The van der Waals surface area contributed by atoms with Gasteiger partial charge in [0, 0.05) is 5.56 Å². The highest BCUT2D eigenvalue weighted by molar-refractivity contribution is 6.52. The van der Waals surface area contributed by atoms with Crippen molar-refractivity contribution in [1.29, 1.82) is 0 Å². The fourth-order valence-electron chi connectivity index (χ4n) is 1.21. The molecule has 2 N–H and O–H groups in total. The van der Waals surface area contributed by atoms with Gasteiger partial charge in [-0.15, -0.1) is 0 Å². The van der Waals surface area contributed by atoms with Crippen molar-refractivity contribution in [3.63, 3.8) is 0 Å². The van der Waals surface area contributed by atoms with E-state index in [0.717, 1.165) is 12.7 Å². The summed E-state index contributed by atoms with van der Waals surface area (Å²) in [6.45, 7) is 1.84. The Bertz CT molecular complexity index is 274. The van der Waals surface area contributed by atoms with Crippen LogP contribution in [-0.2, 0) is 6.61 Å². The summed E-state index contributed by atoms with van der Waals surface area (Å²) >= 11 is 0. The van der Waals surface area contributed by atoms with E-state index in [2.05, 4.69) is 0 Å². The second-order valence-corrected chi connectivity index (χ2v) is 2.82. The predicted octanol–water partition coefficient (Wildman–Crippen LogP) is 0.00300. The minimum absolute atomic E-state index is 0.0298. The van der Waals surface area contributed by atoms with Crippen molar-refractivity contribution in [1.82, 2.24) is 0 Å². The summed E-state index contributed by atoms with van der Waals surface area (Å²) in [6.07, 6.45) is 0. The van der Waals surface area contributed by atoms with E-state index in [1.165, 1.54) is 7.11 Å². The minimum atomic E-state index is -0.171. The lowest BCUT2D eigenvalue weighted by atomic mass is 9.73. The normalized spacial score (nSPS) is 9.77. The van der Waals surface area contributed by atoms with Crippen LogP contribution in [0.2, 0.25) is 6.82 Å². The molecule has 0 radical (unpaired) electrons. The van der Waals surface area contributed by atoms with Crippen LogP contribution in [0.1, 0.15) is 5.56 Å². The zero-order chi connectivity index (χ0) is 9.84. The maximum absolute atomic E-state index is 9.52. The first-order chi connectivity index (χ1) is 6.22. The summed E-state index contributed by atoms with van der Waals surface area (Å²) in [4.78, 5) is 0. The average molecular weight is 180 g/mol. The number of hydrogen-bond donors (Lipinski definition) is 2. The van der Waals surface area contributed by atoms with E-state index in [9.17, 15) is 5.11 Å². The molecule has 1 aromatic rings. The van der Waals surface area contributed by atoms with Crippen LogP contribution in [0.15, 0.2) is 12.1 Å². The van der Waals surface area contributed by atoms with Gasteiger partial charge in [0.1, 0.15) is 0 Å². The second kappa shape index (κ2) is 4.19. The molecule has 0 aliphatic rings. The quantitative estimate of drug-likeness (QED) is 0.643. The van der Waals surface area contributed by atoms with Gasteiger partial charge in [-0.2, -0.15) is 0 Å². The van der Waals surface area contributed by atoms with Crippen molar-refractivity contribution in [3.8, 4) is 11.5 Å². The van der Waals surface area contributed by atoms with Crippen molar-refractivity contribution >= 4 is 12.7 Å². The number of benzene rings is 1. The van der Waals surface area contributed by atoms with Gasteiger partial charge >= 0.3 is 0 Å². The van der Waals surface area contributed by atoms with E-state index < -0.39 is 0 Å². The molecule has 0 aliphatic heterocycles. The molecule has 4 heteroatoms. The van der Waals surface area contributed by atoms with Gasteiger partial charge in [0.05, 0.1) is 13.7 Å². The summed E-state index contributed by atoms with van der Waals surface area (Å²) in [5.74, 6) is 0.450. The van der Waals surface area contributed by atoms with Crippen LogP contribution >= 0.6 is 0 Å². The van der Waals surface area contributed by atoms with Crippen LogP contribution < -0.4 is 10.2 Å². The van der Waals surface area contributed by atoms with Gasteiger partial charge in [-0.1, -0.05) is 18.4 Å². The highest BCUT2D eigenvalue weighted by atomic mass is 16.5. The Morgan fingerprint density at radius 1 is 1.46 bits per heavy atom. The fraction of sp³-hybridized carbons (Fsp3) is 0.333. The molecular formula is C9H13BO3. The van der Waals surface area contributed by atoms with Crippen molar-refractivity contribution < 1.29 is 14.9 Å². The van der Waals surface area contributed by atoms with Crippen molar-refractivity contribution in [2.24, 2.45) is 0 Å². The molecule has 13 heavy (non-hydrogen) atoms. The molecule has 0 saturated carbocycles. The molecule has 0 atom stereocenters. The van der Waals surface area contributed by atoms with Gasteiger partial charge in [-0.05, 0) is 6.07 Å². The van der Waals surface area contributed by atoms with Gasteiger partial charge in [0.15, 0.2) is 18.8 Å². The predicted molar refractivity (Wildman–Crippen MR) is 53.2 cm³/mol. The molecule has 0 spiro atoms. The van der Waals surface area contributed by atoms with Crippen molar-refractivity contribution in [2.45, 2.75) is 13.4 Å². The number of phenols is 1. The zero-order valence-electron chi connectivity index (χ0n) is 7.87. The lowest BCUT2D eigenvalue weighted by molar-refractivity contribution is 0.272. The average Bonchev–Trinajstić information content (AvgIpc) is 2.18. The molecule has 0 saturated heterocycles. The molecule has 0 unspecified atom stereocenters. The number of aliphatic hydroxyl groups is 1. The third-order valence-electron chi connectivity index (χ3n) is 2.01. The molecule has 1 rings (SSSR count). The Kier molecular flexibility index (Phi) is 3.20. The Labute approximate surface area is 78.2 Å². The van der Waals surface area contributed by atoms with Gasteiger partial charge in [-0.3, -0.25) is 0 Å². The molecule has 0 aromatic heterocycles. The monoisotopic (exact) mass is 180 g/mol. The Morgan fingerprint density at radius 3 is 2.62 bits per heavy atom. The van der Waals surface area contributed by atoms with Gasteiger partial charge in [0.2, 0.25) is 0 Å². The van der Waals surface area contributed by atoms with Crippen LogP contribution in [0.25, 0.3) is 0 Å². The number of aliphatic hydroxyl groups excluding tert-OH is 1. The minimum Gasteiger partial charge on any atom is -0.504 e. The number of methoxy groups -OCH3 is 1. The Morgan fingerprint density at radius 2 is 2.15 bits per heavy atom. The highest BCUT2D eigenvalue weighted by Gasteiger charge is 2.08. The first kappa shape index (κ1) is 9.93. The molecule has 1 aromatic carbocycles. The van der Waals surface area contributed by atoms with E-state index >= 15 is 0 Å². The van der Waals surface area contributed by atoms with E-state index in [4.69, 9.17) is 9.84 Å². The van der Waals surface area contributed by atoms with Gasteiger partial charge in [0.25, 0.3) is 0 Å². The third-order valence-corrected chi connectivity index (χ3v) is 2.01. The van der Waals surface area contributed by atoms with Crippen LogP contribution in [-0.4, -0.2) is 24.6 Å². The summed E-state index contributed by atoms with van der Waals surface area (Å²) < 4.78 is 4.97. The first-order valence-electron chi connectivity index (χ1n) is 4.22. The zero-order valence-corrected chi connectivity index (χ0v) is 7.87. The smallest absolute Gasteiger partial charge is 0.163 e. The molecule has 0 heterocycles. The first-order valence-corrected chi connectivity index (χ1v) is 4.22. The third kappa shape index (κ3) is 1.95. The maximum Gasteiger partial charge on any atom is 0.163 e. The number of rotatable bonds is 3. The van der Waals surface area contributed by atoms with E-state index in [1.807, 2.05) is 6.82 Å². The topological polar surface area (TPSA) is 49.7 Å². The fourth-order valence-corrected chi connectivity index (χ4v) is 1.21. The van der Waals surface area contributed by atoms with Crippen molar-refractivity contribution in [3.05, 3.63) is 17.7 Å². The number of aromatic hydroxyl groups is 1. The van der Waals surface area contributed by atoms with Crippen LogP contribution in [0.3, 0.4) is 0 Å². The summed E-state index contributed by atoms with van der Waals surface area (Å²) in [6, 6.07) is 3.55. The largest absolute Gasteiger partial charge is 0.504 e. The molecule has 0 aliphatic carbocycles. The lowest BCUT2D eigenvalue weighted by Crippen LogP contribution is -2.12. The van der Waals surface area contributed by atoms with E-state index in [1.54, 1.807) is 12.1 Å². The highest BCUT2D eigenvalue weighted by Crippen LogP contribution is 2.28. The molecule has 70 valence electrons. The Balaban J connectivity index is 3.20. The number of ether oxygens (including phenoxy) is 1. The van der Waals surface area contributed by atoms with E-state index in [-0.39, 0.29) is 12.4 Å². The second-order valence-electron chi connectivity index (χ2n) is 2.82. The number of hydrogen-bond acceptors (Lipinski definition) is 3. The van der Waals surface area contributed by atoms with Crippen molar-refractivity contribution in [2.75, 3.05) is 7.11 Å². The molecule has 0 bridgehead atoms. The summed E-state index contributed by atoms with van der Waals surface area (Å²) in [7, 11) is 2.35. The SMILES string of the molecule is CBc1cc(CO)c(O)c(OC)c1. The molecule has 3 nitrogen and oxygen atoms in total. The van der Waals surface area contributed by atoms with Crippen LogP contribution in [0, 0.1) is 0 Å². The molecule has 0 fully saturated rings. The lowest BCUT2D eigenvalue weighted by Gasteiger charge is -2.09. The summed E-state index contributed by atoms with van der Waals surface area (Å²) in [5.41, 5.74) is 1.55. The van der Waals surface area contributed by atoms with Crippen LogP contribution in [0.5, 0.6) is 11.5 Å². The van der Waals surface area contributed by atoms with Gasteiger partial charge in [-0.25, -0.2) is 0 Å². The van der Waals surface area contributed by atoms with Crippen LogP contribution in [0.4, 0.5) is 0 Å². The summed E-state index contributed by atoms with van der Waals surface area (Å²) in [5, 5.41) is 18.5. The van der Waals surface area contributed by atoms with E-state index in [0.29, 0.717) is 11.3 Å². The standard InChI is InChI=1S/C9H13BO3/c1-10-7-3-6(5-11)9(12)8(4-7)13-2/h3-4,10-12H,5H2,1-2H3.